The van der Waals surface area contributed by atoms with Crippen LogP contribution in [0.4, 0.5) is 0 Å². The van der Waals surface area contributed by atoms with Gasteiger partial charge in [0.1, 0.15) is 6.54 Å². The number of esters is 1. The van der Waals surface area contributed by atoms with Crippen molar-refractivity contribution in [3.05, 3.63) is 64.7 Å². The summed E-state index contributed by atoms with van der Waals surface area (Å²) in [5, 5.41) is 0.485. The molecule has 0 aliphatic rings. The minimum absolute atomic E-state index is 0.0446. The van der Waals surface area contributed by atoms with Crippen LogP contribution in [0.3, 0.4) is 0 Å². The summed E-state index contributed by atoms with van der Waals surface area (Å²) in [4.78, 5) is 23.5. The van der Waals surface area contributed by atoms with E-state index in [9.17, 15) is 18.0 Å². The normalized spacial score (nSPS) is 11.1. The van der Waals surface area contributed by atoms with Gasteiger partial charge >= 0.3 is 5.97 Å². The number of sulfonamides is 1. The fraction of sp³-hybridized carbons (Fsp3) is 0.176. The van der Waals surface area contributed by atoms with E-state index in [2.05, 4.69) is 4.72 Å². The first-order chi connectivity index (χ1) is 11.8. The molecule has 0 radical (unpaired) electrons. The van der Waals surface area contributed by atoms with E-state index in [1.165, 1.54) is 24.3 Å². The Morgan fingerprint density at radius 3 is 2.24 bits per heavy atom. The number of halogens is 1. The highest BCUT2D eigenvalue weighted by atomic mass is 35.5. The monoisotopic (exact) mass is 381 g/mol. The number of benzene rings is 2. The number of carbonyl (C=O) groups excluding carboxylic acids is 2. The van der Waals surface area contributed by atoms with Crippen LogP contribution in [0.5, 0.6) is 0 Å². The Labute approximate surface area is 150 Å². The number of ether oxygens (including phenoxy) is 1. The number of Topliss-reactive ketones (excluding diaryl/α,β-unsaturated/α-hetero) is 1. The van der Waals surface area contributed by atoms with Gasteiger partial charge < -0.3 is 4.74 Å². The second-order valence-corrected chi connectivity index (χ2v) is 7.43. The molecule has 0 spiro atoms. The number of carbonyl (C=O) groups is 2. The summed E-state index contributed by atoms with van der Waals surface area (Å²) in [6.07, 6.45) is 0. The summed E-state index contributed by atoms with van der Waals surface area (Å²) in [5.74, 6) is -1.26. The molecule has 0 aliphatic carbocycles. The third-order valence-electron chi connectivity index (χ3n) is 3.27. The Morgan fingerprint density at radius 1 is 1.04 bits per heavy atom. The third kappa shape index (κ3) is 5.67. The van der Waals surface area contributed by atoms with Gasteiger partial charge in [0, 0.05) is 10.6 Å². The molecule has 0 amide bonds. The lowest BCUT2D eigenvalue weighted by Crippen LogP contribution is -2.31. The van der Waals surface area contributed by atoms with E-state index in [-0.39, 0.29) is 4.90 Å². The Hall–Kier alpha value is -2.22. The van der Waals surface area contributed by atoms with E-state index < -0.39 is 34.9 Å². The minimum Gasteiger partial charge on any atom is -0.456 e. The van der Waals surface area contributed by atoms with Gasteiger partial charge in [0.15, 0.2) is 12.4 Å². The topological polar surface area (TPSA) is 89.5 Å². The Bertz CT molecular complexity index is 861. The minimum atomic E-state index is -3.82. The maximum absolute atomic E-state index is 12.0. The largest absolute Gasteiger partial charge is 0.456 e. The maximum atomic E-state index is 12.0. The molecule has 1 N–H and O–H groups in total. The summed E-state index contributed by atoms with van der Waals surface area (Å²) in [6, 6.07) is 12.3. The van der Waals surface area contributed by atoms with Crippen LogP contribution in [0.2, 0.25) is 5.02 Å². The molecule has 0 atom stereocenters. The smallest absolute Gasteiger partial charge is 0.321 e. The molecule has 0 saturated carbocycles. The molecule has 6 nitrogen and oxygen atoms in total. The van der Waals surface area contributed by atoms with Gasteiger partial charge in [-0.1, -0.05) is 29.3 Å². The standard InChI is InChI=1S/C17H16ClNO5S/c1-12-2-8-15(9-3-12)25(22,23)19-10-17(21)24-11-16(20)13-4-6-14(18)7-5-13/h2-9,19H,10-11H2,1H3. The molecule has 0 fully saturated rings. The van der Waals surface area contributed by atoms with Gasteiger partial charge in [-0.15, -0.1) is 0 Å². The molecular weight excluding hydrogens is 366 g/mol. The second kappa shape index (κ2) is 8.24. The Kier molecular flexibility index (Phi) is 6.30. The van der Waals surface area contributed by atoms with Crippen molar-refractivity contribution in [2.75, 3.05) is 13.2 Å². The van der Waals surface area contributed by atoms with Crippen LogP contribution in [-0.2, 0) is 19.6 Å². The van der Waals surface area contributed by atoms with Gasteiger partial charge in [0.25, 0.3) is 0 Å². The molecule has 8 heteroatoms. The summed E-state index contributed by atoms with van der Waals surface area (Å²) < 4.78 is 31.0. The number of nitrogens with one attached hydrogen (secondary N) is 1. The highest BCUT2D eigenvalue weighted by Crippen LogP contribution is 2.11. The lowest BCUT2D eigenvalue weighted by atomic mass is 10.1. The molecule has 2 aromatic rings. The second-order valence-electron chi connectivity index (χ2n) is 5.23. The van der Waals surface area contributed by atoms with Crippen LogP contribution < -0.4 is 4.72 Å². The molecule has 0 heterocycles. The lowest BCUT2D eigenvalue weighted by Gasteiger charge is -2.07. The summed E-state index contributed by atoms with van der Waals surface area (Å²) in [5.41, 5.74) is 1.26. The van der Waals surface area contributed by atoms with Gasteiger partial charge in [-0.3, -0.25) is 9.59 Å². The molecule has 0 unspecified atom stereocenters. The van der Waals surface area contributed by atoms with Crippen molar-refractivity contribution in [1.82, 2.24) is 4.72 Å². The van der Waals surface area contributed by atoms with Crippen molar-refractivity contribution in [2.45, 2.75) is 11.8 Å². The van der Waals surface area contributed by atoms with E-state index in [4.69, 9.17) is 16.3 Å². The molecule has 0 saturated heterocycles. The van der Waals surface area contributed by atoms with Crippen LogP contribution >= 0.6 is 11.6 Å². The molecule has 0 aliphatic heterocycles. The maximum Gasteiger partial charge on any atom is 0.321 e. The third-order valence-corrected chi connectivity index (χ3v) is 4.94. The molecule has 2 rings (SSSR count). The molecule has 25 heavy (non-hydrogen) atoms. The highest BCUT2D eigenvalue weighted by molar-refractivity contribution is 7.89. The lowest BCUT2D eigenvalue weighted by molar-refractivity contribution is -0.141. The van der Waals surface area contributed by atoms with Crippen molar-refractivity contribution < 1.29 is 22.7 Å². The van der Waals surface area contributed by atoms with E-state index in [1.54, 1.807) is 24.3 Å². The predicted octanol–water partition coefficient (Wildman–Crippen LogP) is 2.35. The van der Waals surface area contributed by atoms with Gasteiger partial charge in [0.2, 0.25) is 10.0 Å². The van der Waals surface area contributed by atoms with Gasteiger partial charge in [-0.2, -0.15) is 4.72 Å². The van der Waals surface area contributed by atoms with E-state index >= 15 is 0 Å². The van der Waals surface area contributed by atoms with Crippen LogP contribution in [-0.4, -0.2) is 33.3 Å². The predicted molar refractivity (Wildman–Crippen MR) is 93.1 cm³/mol. The van der Waals surface area contributed by atoms with Crippen LogP contribution in [0.15, 0.2) is 53.4 Å². The first-order valence-electron chi connectivity index (χ1n) is 7.29. The van der Waals surface area contributed by atoms with Crippen LogP contribution in [0.1, 0.15) is 15.9 Å². The van der Waals surface area contributed by atoms with Gasteiger partial charge in [0.05, 0.1) is 4.90 Å². The van der Waals surface area contributed by atoms with Crippen molar-refractivity contribution in [3.63, 3.8) is 0 Å². The first kappa shape index (κ1) is 19.1. The molecular formula is C17H16ClNO5S. The van der Waals surface area contributed by atoms with Crippen molar-refractivity contribution in [1.29, 1.82) is 0 Å². The summed E-state index contributed by atoms with van der Waals surface area (Å²) in [6.45, 7) is 0.787. The van der Waals surface area contributed by atoms with E-state index in [0.29, 0.717) is 10.6 Å². The average Bonchev–Trinajstić information content (AvgIpc) is 2.59. The molecule has 2 aromatic carbocycles. The number of hydrogen-bond donors (Lipinski definition) is 1. The molecule has 0 aromatic heterocycles. The zero-order chi connectivity index (χ0) is 18.4. The highest BCUT2D eigenvalue weighted by Gasteiger charge is 2.16. The first-order valence-corrected chi connectivity index (χ1v) is 9.15. The fourth-order valence-electron chi connectivity index (χ4n) is 1.87. The van der Waals surface area contributed by atoms with E-state index in [1.807, 2.05) is 6.92 Å². The SMILES string of the molecule is Cc1ccc(S(=O)(=O)NCC(=O)OCC(=O)c2ccc(Cl)cc2)cc1. The van der Waals surface area contributed by atoms with Crippen LogP contribution in [0, 0.1) is 6.92 Å². The number of ketones is 1. The van der Waals surface area contributed by atoms with Crippen molar-refractivity contribution in [2.24, 2.45) is 0 Å². The quantitative estimate of drug-likeness (QED) is 0.587. The molecule has 0 bridgehead atoms. The van der Waals surface area contributed by atoms with Crippen molar-refractivity contribution >= 4 is 33.4 Å². The Balaban J connectivity index is 1.85. The average molecular weight is 382 g/mol. The van der Waals surface area contributed by atoms with Crippen LogP contribution in [0.25, 0.3) is 0 Å². The van der Waals surface area contributed by atoms with E-state index in [0.717, 1.165) is 5.56 Å². The molecule has 132 valence electrons. The number of aryl methyl sites for hydroxylation is 1. The number of rotatable bonds is 7. The Morgan fingerprint density at radius 2 is 1.64 bits per heavy atom. The summed E-state index contributed by atoms with van der Waals surface area (Å²) in [7, 11) is -3.82. The number of hydrogen-bond acceptors (Lipinski definition) is 5. The summed E-state index contributed by atoms with van der Waals surface area (Å²) >= 11 is 5.73. The zero-order valence-electron chi connectivity index (χ0n) is 13.4. The van der Waals surface area contributed by atoms with Gasteiger partial charge in [-0.25, -0.2) is 8.42 Å². The fourth-order valence-corrected chi connectivity index (χ4v) is 2.97. The zero-order valence-corrected chi connectivity index (χ0v) is 14.9. The van der Waals surface area contributed by atoms with Gasteiger partial charge in [-0.05, 0) is 43.3 Å². The van der Waals surface area contributed by atoms with Crippen molar-refractivity contribution in [3.8, 4) is 0 Å².